The number of piperidine rings is 1. The van der Waals surface area contributed by atoms with Gasteiger partial charge in [0.1, 0.15) is 11.2 Å². The molecule has 15 nitrogen and oxygen atoms in total. The number of aromatic nitrogens is 1. The van der Waals surface area contributed by atoms with Crippen LogP contribution in [-0.4, -0.2) is 144 Å². The van der Waals surface area contributed by atoms with Gasteiger partial charge in [-0.25, -0.2) is 4.79 Å². The summed E-state index contributed by atoms with van der Waals surface area (Å²) in [7, 11) is 6.15. The first-order chi connectivity index (χ1) is 30.0. The second kappa shape index (κ2) is 15.9. The molecule has 1 aliphatic carbocycles. The number of anilines is 1. The number of carboxylic acid groups (broad SMARTS) is 1. The topological polar surface area (TPSA) is 191 Å². The lowest BCUT2D eigenvalue weighted by Gasteiger charge is -2.63. The van der Waals surface area contributed by atoms with Gasteiger partial charge in [-0.3, -0.25) is 24.2 Å². The van der Waals surface area contributed by atoms with E-state index in [2.05, 4.69) is 39.1 Å². The molecule has 15 heteroatoms. The van der Waals surface area contributed by atoms with Gasteiger partial charge in [-0.15, -0.1) is 0 Å². The molecule has 6 aliphatic rings. The van der Waals surface area contributed by atoms with Crippen LogP contribution in [0, 0.1) is 11.3 Å². The van der Waals surface area contributed by atoms with E-state index < -0.39 is 63.5 Å². The molecular formula is C48H62N4O11. The van der Waals surface area contributed by atoms with Crippen molar-refractivity contribution in [2.45, 2.75) is 106 Å². The zero-order chi connectivity index (χ0) is 45.4. The number of hydrogen-bond acceptors (Lipinski definition) is 13. The highest BCUT2D eigenvalue weighted by atomic mass is 16.6. The summed E-state index contributed by atoms with van der Waals surface area (Å²) in [6.45, 7) is 9.71. The Morgan fingerprint density at radius 2 is 1.63 bits per heavy atom. The Kier molecular flexibility index (Phi) is 11.3. The van der Waals surface area contributed by atoms with Gasteiger partial charge in [0.15, 0.2) is 6.10 Å². The van der Waals surface area contributed by atoms with Gasteiger partial charge < -0.3 is 44.2 Å². The highest BCUT2D eigenvalue weighted by molar-refractivity contribution is 5.95. The fourth-order valence-corrected chi connectivity index (χ4v) is 13.5. The Balaban J connectivity index is 0.00000131. The molecule has 1 aromatic heterocycles. The highest BCUT2D eigenvalue weighted by Gasteiger charge is 2.80. The largest absolute Gasteiger partial charge is 0.496 e. The van der Waals surface area contributed by atoms with Gasteiger partial charge in [-0.1, -0.05) is 44.2 Å². The van der Waals surface area contributed by atoms with Gasteiger partial charge in [0, 0.05) is 97.9 Å². The highest BCUT2D eigenvalue weighted by Crippen LogP contribution is 2.68. The van der Waals surface area contributed by atoms with Crippen molar-refractivity contribution in [2.24, 2.45) is 11.3 Å². The van der Waals surface area contributed by atoms with Gasteiger partial charge in [-0.05, 0) is 74.2 Å². The molecule has 2 saturated heterocycles. The average molecular weight is 871 g/mol. The minimum absolute atomic E-state index is 0.0986. The van der Waals surface area contributed by atoms with Crippen LogP contribution in [0.5, 0.6) is 5.75 Å². The van der Waals surface area contributed by atoms with E-state index in [1.54, 1.807) is 7.11 Å². The maximum Gasteiger partial charge on any atom is 0.344 e. The first kappa shape index (κ1) is 44.6. The third-order valence-corrected chi connectivity index (χ3v) is 15.6. The molecule has 2 aromatic carbocycles. The third kappa shape index (κ3) is 6.34. The number of aromatic amines is 1. The van der Waals surface area contributed by atoms with Crippen molar-refractivity contribution in [1.29, 1.82) is 0 Å². The van der Waals surface area contributed by atoms with Crippen LogP contribution < -0.4 is 9.64 Å². The van der Waals surface area contributed by atoms with Gasteiger partial charge in [-0.2, -0.15) is 0 Å². The van der Waals surface area contributed by atoms with Gasteiger partial charge >= 0.3 is 17.9 Å². The smallest absolute Gasteiger partial charge is 0.344 e. The number of nitrogens with zero attached hydrogens (tertiary/aromatic N) is 3. The van der Waals surface area contributed by atoms with E-state index in [1.807, 2.05) is 50.1 Å². The zero-order valence-electron chi connectivity index (χ0n) is 37.7. The molecule has 6 heterocycles. The normalized spacial score (nSPS) is 35.0. The predicted octanol–water partition coefficient (Wildman–Crippen LogP) is 4.08. The summed E-state index contributed by atoms with van der Waals surface area (Å²) in [4.78, 5) is 62.2. The summed E-state index contributed by atoms with van der Waals surface area (Å²) < 4.78 is 23.9. The van der Waals surface area contributed by atoms with Crippen LogP contribution in [0.3, 0.4) is 0 Å². The number of likely N-dealkylation sites (N-methyl/N-ethyl adjacent to an activating group) is 1. The molecule has 3 aromatic rings. The van der Waals surface area contributed by atoms with Crippen molar-refractivity contribution in [2.75, 3.05) is 66.0 Å². The van der Waals surface area contributed by atoms with Crippen LogP contribution in [0.15, 0.2) is 48.6 Å². The molecular weight excluding hydrogens is 809 g/mol. The summed E-state index contributed by atoms with van der Waals surface area (Å²) in [5, 5.41) is 33.7. The van der Waals surface area contributed by atoms with Gasteiger partial charge in [0.05, 0.1) is 33.0 Å². The molecule has 9 rings (SSSR count). The quantitative estimate of drug-likeness (QED) is 0.151. The fourth-order valence-electron chi connectivity index (χ4n) is 13.5. The number of ether oxygens (including phenoxy) is 4. The zero-order valence-corrected chi connectivity index (χ0v) is 37.7. The van der Waals surface area contributed by atoms with Crippen LogP contribution in [0.1, 0.15) is 82.2 Å². The molecule has 2 bridgehead atoms. The maximum atomic E-state index is 15.3. The summed E-state index contributed by atoms with van der Waals surface area (Å²) in [6.07, 6.45) is 5.94. The minimum Gasteiger partial charge on any atom is -0.496 e. The van der Waals surface area contributed by atoms with Gasteiger partial charge in [0.2, 0.25) is 5.60 Å². The van der Waals surface area contributed by atoms with Gasteiger partial charge in [0.25, 0.3) is 5.97 Å². The van der Waals surface area contributed by atoms with E-state index in [0.717, 1.165) is 40.3 Å². The Bertz CT molecular complexity index is 2360. The summed E-state index contributed by atoms with van der Waals surface area (Å²) in [5.74, 6) is -2.40. The number of aliphatic carboxylic acids is 1. The van der Waals surface area contributed by atoms with Crippen molar-refractivity contribution >= 4 is 40.5 Å². The van der Waals surface area contributed by atoms with Crippen LogP contribution in [-0.2, 0) is 50.6 Å². The number of carbonyl (C=O) groups is 4. The average Bonchev–Trinajstić information content (AvgIpc) is 3.92. The van der Waals surface area contributed by atoms with E-state index in [-0.39, 0.29) is 12.0 Å². The Labute approximate surface area is 368 Å². The van der Waals surface area contributed by atoms with Crippen LogP contribution >= 0.6 is 0 Å². The minimum atomic E-state index is -2.30. The number of nitrogens with one attached hydrogen (secondary N) is 1. The number of hydrogen-bond donors (Lipinski definition) is 4. The molecule has 5 aliphatic heterocycles. The monoisotopic (exact) mass is 870 g/mol. The van der Waals surface area contributed by atoms with E-state index >= 15 is 4.79 Å². The lowest BCUT2D eigenvalue weighted by Crippen LogP contribution is -2.81. The Morgan fingerprint density at radius 3 is 2.29 bits per heavy atom. The lowest BCUT2D eigenvalue weighted by molar-refractivity contribution is -0.228. The van der Waals surface area contributed by atoms with Crippen molar-refractivity contribution in [3.8, 4) is 5.75 Å². The van der Waals surface area contributed by atoms with Crippen LogP contribution in [0.4, 0.5) is 5.69 Å². The second-order valence-electron chi connectivity index (χ2n) is 18.7. The summed E-state index contributed by atoms with van der Waals surface area (Å²) >= 11 is 0. The molecule has 0 radical (unpaired) electrons. The predicted molar refractivity (Wildman–Crippen MR) is 234 cm³/mol. The number of carboxylic acids is 1. The number of fused-ring (bicyclic) bond motifs is 6. The SMILES string of the molecule is CC(=O)O.CC[C@@]1(O)C[C@H]2C[N@](CCc3c([nH]c4ccccc34)[C@@](C(=O)OC)(c3cc4c(cc3OC)N(C)[C@H]3[C@@](O)(C(=O)OC)[C@H](OC(C)=O)[C@]5(CC)C=CCN6CC[C@]43[C@@H]65)C2)C1. The molecule has 0 unspecified atom stereocenters. The molecule has 0 amide bonds. The van der Waals surface area contributed by atoms with Crippen molar-refractivity contribution in [1.82, 2.24) is 14.8 Å². The number of aliphatic hydroxyl groups is 2. The maximum absolute atomic E-state index is 15.3. The number of rotatable bonds is 7. The number of benzene rings is 2. The number of carbonyl (C=O) groups excluding carboxylic acids is 3. The fraction of sp³-hybridized carbons (Fsp3) is 0.583. The number of methoxy groups -OCH3 is 3. The standard InChI is InChI=1S/C46H58N4O9.C2H4O2/c1-8-42(54)23-28-24-45(40(52)57-6,36-30(15-19-49(25-28)26-42)29-13-10-11-14-33(29)47-36)32-21-31-34(22-35(32)56-5)48(4)38-44(31)17-20-50-18-12-16-43(9-2,37(44)50)39(59-27(3)51)46(38,55)41(53)58-7;1-2(3)4/h10-14,16,21-22,28,37-39,47,54-55H,8-9,15,17-20,23-26H2,1-7H3;1H3,(H,3,4)/t28-,37+,38-,39-,42-,43-,44-,45+,46+;/m1./s1. The molecule has 3 fully saturated rings. The number of para-hydroxylation sites is 1. The van der Waals surface area contributed by atoms with E-state index in [1.165, 1.54) is 21.1 Å². The Morgan fingerprint density at radius 1 is 0.921 bits per heavy atom. The van der Waals surface area contributed by atoms with Crippen molar-refractivity contribution in [3.63, 3.8) is 0 Å². The molecule has 10 atom stereocenters. The molecule has 1 spiro atoms. The van der Waals surface area contributed by atoms with Crippen LogP contribution in [0.25, 0.3) is 10.9 Å². The molecule has 340 valence electrons. The molecule has 1 saturated carbocycles. The first-order valence-corrected chi connectivity index (χ1v) is 22.1. The van der Waals surface area contributed by atoms with Crippen molar-refractivity contribution < 1.29 is 53.4 Å². The van der Waals surface area contributed by atoms with Crippen LogP contribution in [0.2, 0.25) is 0 Å². The van der Waals surface area contributed by atoms with E-state index in [4.69, 9.17) is 28.8 Å². The molecule has 63 heavy (non-hydrogen) atoms. The van der Waals surface area contributed by atoms with E-state index in [0.29, 0.717) is 82.6 Å². The summed E-state index contributed by atoms with van der Waals surface area (Å²) in [6, 6.07) is 11.0. The Hall–Kier alpha value is -4.96. The first-order valence-electron chi connectivity index (χ1n) is 22.1. The van der Waals surface area contributed by atoms with Crippen molar-refractivity contribution in [3.05, 3.63) is 70.9 Å². The molecule has 4 N–H and O–H groups in total. The summed E-state index contributed by atoms with van der Waals surface area (Å²) in [5.41, 5.74) is -1.62. The second-order valence-corrected chi connectivity index (χ2v) is 18.7. The lowest BCUT2D eigenvalue weighted by atomic mass is 9.47. The number of H-pyrrole nitrogens is 1. The third-order valence-electron chi connectivity index (χ3n) is 15.6. The number of esters is 3. The van der Waals surface area contributed by atoms with E-state index in [9.17, 15) is 19.8 Å².